The first kappa shape index (κ1) is 27.9. The SMILES string of the molecule is Cc1ccccc1COc1ccc(/C=C2/N=C(c3ccc(C(C)(C)C)cc3)OC2=O)cc1OCc1ccccc1C. The zero-order valence-electron chi connectivity index (χ0n) is 24.2. The summed E-state index contributed by atoms with van der Waals surface area (Å²) in [6, 6.07) is 29.9. The molecule has 5 rings (SSSR count). The quantitative estimate of drug-likeness (QED) is 0.166. The molecule has 1 heterocycles. The van der Waals surface area contributed by atoms with Crippen molar-refractivity contribution in [1.29, 1.82) is 0 Å². The van der Waals surface area contributed by atoms with Gasteiger partial charge in [-0.05, 0) is 83.0 Å². The van der Waals surface area contributed by atoms with E-state index in [4.69, 9.17) is 14.2 Å². The minimum atomic E-state index is -0.484. The number of cyclic esters (lactones) is 1. The summed E-state index contributed by atoms with van der Waals surface area (Å²) >= 11 is 0. The molecule has 208 valence electrons. The van der Waals surface area contributed by atoms with E-state index in [2.05, 4.69) is 57.8 Å². The standard InChI is InChI=1S/C36H35NO4/c1-24-10-6-8-12-28(24)22-39-32-19-14-26(21-33(32)40-23-29-13-9-7-11-25(29)2)20-31-35(38)41-34(37-31)27-15-17-30(18-16-27)36(3,4)5/h6-21H,22-23H2,1-5H3/b31-20+. The van der Waals surface area contributed by atoms with E-state index in [1.165, 1.54) is 5.56 Å². The van der Waals surface area contributed by atoms with E-state index in [0.717, 1.165) is 33.4 Å². The van der Waals surface area contributed by atoms with Crippen molar-refractivity contribution in [3.05, 3.63) is 136 Å². The van der Waals surface area contributed by atoms with Crippen molar-refractivity contribution < 1.29 is 19.0 Å². The monoisotopic (exact) mass is 545 g/mol. The summed E-state index contributed by atoms with van der Waals surface area (Å²) in [5.74, 6) is 1.03. The molecule has 0 spiro atoms. The molecule has 5 nitrogen and oxygen atoms in total. The minimum Gasteiger partial charge on any atom is -0.485 e. The van der Waals surface area contributed by atoms with Crippen LogP contribution in [0.25, 0.3) is 6.08 Å². The zero-order valence-corrected chi connectivity index (χ0v) is 24.2. The molecule has 0 fully saturated rings. The number of carbonyl (C=O) groups is 1. The highest BCUT2D eigenvalue weighted by molar-refractivity contribution is 6.12. The number of rotatable bonds is 8. The van der Waals surface area contributed by atoms with Crippen molar-refractivity contribution in [2.45, 2.75) is 53.2 Å². The summed E-state index contributed by atoms with van der Waals surface area (Å²) in [7, 11) is 0. The lowest BCUT2D eigenvalue weighted by atomic mass is 9.87. The summed E-state index contributed by atoms with van der Waals surface area (Å²) in [6.07, 6.45) is 1.71. The van der Waals surface area contributed by atoms with Crippen molar-refractivity contribution in [3.8, 4) is 11.5 Å². The summed E-state index contributed by atoms with van der Waals surface area (Å²) < 4.78 is 18.0. The van der Waals surface area contributed by atoms with Gasteiger partial charge in [-0.15, -0.1) is 0 Å². The van der Waals surface area contributed by atoms with Crippen LogP contribution in [0.4, 0.5) is 0 Å². The van der Waals surface area contributed by atoms with Crippen LogP contribution in [0, 0.1) is 13.8 Å². The van der Waals surface area contributed by atoms with Gasteiger partial charge >= 0.3 is 5.97 Å². The van der Waals surface area contributed by atoms with Crippen LogP contribution in [0.2, 0.25) is 0 Å². The zero-order chi connectivity index (χ0) is 29.0. The molecule has 0 radical (unpaired) electrons. The van der Waals surface area contributed by atoms with Crippen LogP contribution >= 0.6 is 0 Å². The maximum atomic E-state index is 12.7. The molecule has 4 aromatic carbocycles. The van der Waals surface area contributed by atoms with Crippen molar-refractivity contribution in [1.82, 2.24) is 0 Å². The Bertz CT molecular complexity index is 1620. The molecule has 0 saturated carbocycles. The number of hydrogen-bond donors (Lipinski definition) is 0. The number of aryl methyl sites for hydroxylation is 2. The largest absolute Gasteiger partial charge is 0.485 e. The van der Waals surface area contributed by atoms with Gasteiger partial charge < -0.3 is 14.2 Å². The molecular formula is C36H35NO4. The van der Waals surface area contributed by atoms with E-state index in [1.807, 2.05) is 72.8 Å². The Morgan fingerprint density at radius 1 is 0.756 bits per heavy atom. The summed E-state index contributed by atoms with van der Waals surface area (Å²) in [4.78, 5) is 17.2. The van der Waals surface area contributed by atoms with Gasteiger partial charge in [0.05, 0.1) is 0 Å². The van der Waals surface area contributed by atoms with Gasteiger partial charge in [0.2, 0.25) is 5.90 Å². The Kier molecular flexibility index (Phi) is 8.06. The molecule has 0 atom stereocenters. The highest BCUT2D eigenvalue weighted by Crippen LogP contribution is 2.32. The average molecular weight is 546 g/mol. The Hall–Kier alpha value is -4.64. The Morgan fingerprint density at radius 3 is 1.93 bits per heavy atom. The van der Waals surface area contributed by atoms with Crippen LogP contribution in [0.1, 0.15) is 59.7 Å². The summed E-state index contributed by atoms with van der Waals surface area (Å²) in [5, 5.41) is 0. The molecule has 0 unspecified atom stereocenters. The predicted octanol–water partition coefficient (Wildman–Crippen LogP) is 8.10. The van der Waals surface area contributed by atoms with Gasteiger partial charge in [0.15, 0.2) is 17.2 Å². The van der Waals surface area contributed by atoms with E-state index in [0.29, 0.717) is 30.6 Å². The molecule has 0 amide bonds. The van der Waals surface area contributed by atoms with E-state index in [9.17, 15) is 4.79 Å². The maximum absolute atomic E-state index is 12.7. The van der Waals surface area contributed by atoms with E-state index >= 15 is 0 Å². The lowest BCUT2D eigenvalue weighted by molar-refractivity contribution is -0.129. The van der Waals surface area contributed by atoms with Crippen LogP contribution in [-0.4, -0.2) is 11.9 Å². The lowest BCUT2D eigenvalue weighted by Crippen LogP contribution is -2.11. The van der Waals surface area contributed by atoms with Crippen LogP contribution in [0.5, 0.6) is 11.5 Å². The van der Waals surface area contributed by atoms with Crippen molar-refractivity contribution in [2.24, 2.45) is 4.99 Å². The van der Waals surface area contributed by atoms with Gasteiger partial charge in [0.25, 0.3) is 0 Å². The van der Waals surface area contributed by atoms with Gasteiger partial charge in [0, 0.05) is 5.56 Å². The predicted molar refractivity (Wildman–Crippen MR) is 163 cm³/mol. The average Bonchev–Trinajstić information content (AvgIpc) is 3.32. The highest BCUT2D eigenvalue weighted by atomic mass is 16.6. The highest BCUT2D eigenvalue weighted by Gasteiger charge is 2.25. The third-order valence-electron chi connectivity index (χ3n) is 7.18. The summed E-state index contributed by atoms with van der Waals surface area (Å²) in [6.45, 7) is 11.4. The van der Waals surface area contributed by atoms with Gasteiger partial charge in [-0.25, -0.2) is 9.79 Å². The number of aliphatic imine (C=N–C) groups is 1. The van der Waals surface area contributed by atoms with Gasteiger partial charge in [-0.3, -0.25) is 0 Å². The molecule has 41 heavy (non-hydrogen) atoms. The Morgan fingerprint density at radius 2 is 1.34 bits per heavy atom. The molecule has 0 saturated heterocycles. The van der Waals surface area contributed by atoms with E-state index in [-0.39, 0.29) is 11.1 Å². The van der Waals surface area contributed by atoms with Gasteiger partial charge in [0.1, 0.15) is 13.2 Å². The van der Waals surface area contributed by atoms with E-state index in [1.54, 1.807) is 6.08 Å². The molecule has 0 aromatic heterocycles. The molecule has 0 N–H and O–H groups in total. The van der Waals surface area contributed by atoms with Crippen molar-refractivity contribution in [3.63, 3.8) is 0 Å². The molecule has 1 aliphatic heterocycles. The minimum absolute atomic E-state index is 0.0343. The fourth-order valence-corrected chi connectivity index (χ4v) is 4.50. The topological polar surface area (TPSA) is 57.1 Å². The van der Waals surface area contributed by atoms with Crippen LogP contribution in [-0.2, 0) is 28.2 Å². The second-order valence-electron chi connectivity index (χ2n) is 11.3. The Balaban J connectivity index is 1.41. The number of ether oxygens (including phenoxy) is 3. The molecular weight excluding hydrogens is 510 g/mol. The first-order valence-electron chi connectivity index (χ1n) is 13.8. The molecule has 0 bridgehead atoms. The fraction of sp³-hybridized carbons (Fsp3) is 0.222. The maximum Gasteiger partial charge on any atom is 0.363 e. The normalized spacial score (nSPS) is 14.1. The molecule has 5 heteroatoms. The third-order valence-corrected chi connectivity index (χ3v) is 7.18. The van der Waals surface area contributed by atoms with Crippen LogP contribution in [0.15, 0.2) is 102 Å². The van der Waals surface area contributed by atoms with Crippen LogP contribution < -0.4 is 9.47 Å². The molecule has 1 aliphatic rings. The number of carbonyl (C=O) groups excluding carboxylic acids is 1. The number of benzene rings is 4. The molecule has 4 aromatic rings. The second kappa shape index (κ2) is 11.8. The Labute approximate surface area is 242 Å². The fourth-order valence-electron chi connectivity index (χ4n) is 4.50. The number of hydrogen-bond acceptors (Lipinski definition) is 5. The van der Waals surface area contributed by atoms with E-state index < -0.39 is 5.97 Å². The van der Waals surface area contributed by atoms with Crippen molar-refractivity contribution >= 4 is 17.9 Å². The smallest absolute Gasteiger partial charge is 0.363 e. The first-order valence-corrected chi connectivity index (χ1v) is 13.8. The lowest BCUT2D eigenvalue weighted by Gasteiger charge is -2.18. The second-order valence-corrected chi connectivity index (χ2v) is 11.3. The number of esters is 1. The summed E-state index contributed by atoms with van der Waals surface area (Å²) in [5.41, 5.74) is 7.50. The molecule has 0 aliphatic carbocycles. The van der Waals surface area contributed by atoms with Gasteiger partial charge in [-0.1, -0.05) is 87.5 Å². The van der Waals surface area contributed by atoms with Crippen molar-refractivity contribution in [2.75, 3.05) is 0 Å². The van der Waals surface area contributed by atoms with Gasteiger partial charge in [-0.2, -0.15) is 0 Å². The number of nitrogens with zero attached hydrogens (tertiary/aromatic N) is 1. The van der Waals surface area contributed by atoms with Crippen LogP contribution in [0.3, 0.4) is 0 Å². The third kappa shape index (κ3) is 6.75. The first-order chi connectivity index (χ1) is 19.7.